The molecule has 0 spiro atoms. The van der Waals surface area contributed by atoms with E-state index in [0.29, 0.717) is 12.4 Å². The lowest BCUT2D eigenvalue weighted by atomic mass is 10.3. The second kappa shape index (κ2) is 3.66. The summed E-state index contributed by atoms with van der Waals surface area (Å²) < 4.78 is 0. The van der Waals surface area contributed by atoms with Crippen molar-refractivity contribution in [2.24, 2.45) is 0 Å². The molecule has 14 heavy (non-hydrogen) atoms. The molecule has 0 amide bonds. The van der Waals surface area contributed by atoms with E-state index in [4.69, 9.17) is 6.42 Å². The summed E-state index contributed by atoms with van der Waals surface area (Å²) in [4.78, 5) is 5.32. The van der Waals surface area contributed by atoms with Gasteiger partial charge in [-0.1, -0.05) is 5.92 Å². The van der Waals surface area contributed by atoms with Crippen molar-refractivity contribution in [3.8, 4) is 23.7 Å². The third-order valence-electron chi connectivity index (χ3n) is 1.61. The van der Waals surface area contributed by atoms with Gasteiger partial charge in [-0.15, -0.1) is 16.6 Å². The summed E-state index contributed by atoms with van der Waals surface area (Å²) in [5.41, 5.74) is 0.829. The summed E-state index contributed by atoms with van der Waals surface area (Å²) in [6.07, 6.45) is 8.49. The maximum Gasteiger partial charge on any atom is 0.206 e. The predicted molar refractivity (Wildman–Crippen MR) is 49.9 cm³/mol. The molecule has 68 valence electrons. The van der Waals surface area contributed by atoms with E-state index in [1.165, 1.54) is 4.80 Å². The van der Waals surface area contributed by atoms with Gasteiger partial charge in [0.1, 0.15) is 6.54 Å². The summed E-state index contributed by atoms with van der Waals surface area (Å²) in [6.45, 7) is 0.327. The van der Waals surface area contributed by atoms with Gasteiger partial charge in [0.15, 0.2) is 0 Å². The Bertz CT molecular complexity index is 454. The van der Waals surface area contributed by atoms with E-state index in [0.717, 1.165) is 5.56 Å². The van der Waals surface area contributed by atoms with Crippen LogP contribution in [0.2, 0.25) is 0 Å². The normalized spacial score (nSPS) is 9.64. The lowest BCUT2D eigenvalue weighted by Gasteiger charge is -1.90. The topological polar surface area (TPSA) is 56.5 Å². The summed E-state index contributed by atoms with van der Waals surface area (Å²) >= 11 is 0. The maximum absolute atomic E-state index is 5.12. The minimum absolute atomic E-state index is 0.327. The first kappa shape index (κ1) is 8.38. The predicted octanol–water partition coefficient (Wildman–Crippen LogP) is 0.368. The number of nitrogens with zero attached hydrogens (tertiary/aromatic N) is 5. The molecule has 0 radical (unpaired) electrons. The molecule has 5 nitrogen and oxygen atoms in total. The zero-order valence-corrected chi connectivity index (χ0v) is 7.33. The third kappa shape index (κ3) is 1.59. The summed E-state index contributed by atoms with van der Waals surface area (Å²) in [5, 5.41) is 11.7. The van der Waals surface area contributed by atoms with Gasteiger partial charge in [-0.3, -0.25) is 4.98 Å². The van der Waals surface area contributed by atoms with Gasteiger partial charge in [0.25, 0.3) is 0 Å². The Labute approximate surface area is 80.8 Å². The SMILES string of the molecule is C#CCn1nnc(-c2cccnc2)n1. The van der Waals surface area contributed by atoms with Gasteiger partial charge >= 0.3 is 0 Å². The molecule has 0 N–H and O–H groups in total. The van der Waals surface area contributed by atoms with Crippen molar-refractivity contribution < 1.29 is 0 Å². The quantitative estimate of drug-likeness (QED) is 0.634. The maximum atomic E-state index is 5.12. The fraction of sp³-hybridized carbons (Fsp3) is 0.111. The van der Waals surface area contributed by atoms with Crippen LogP contribution >= 0.6 is 0 Å². The molecule has 0 aromatic carbocycles. The fourth-order valence-corrected chi connectivity index (χ4v) is 1.00. The largest absolute Gasteiger partial charge is 0.264 e. The Morgan fingerprint density at radius 2 is 2.43 bits per heavy atom. The van der Waals surface area contributed by atoms with Crippen LogP contribution in [-0.4, -0.2) is 25.2 Å². The average molecular weight is 185 g/mol. The zero-order valence-electron chi connectivity index (χ0n) is 7.33. The van der Waals surface area contributed by atoms with Gasteiger partial charge in [-0.05, 0) is 17.3 Å². The van der Waals surface area contributed by atoms with Crippen LogP contribution in [0.25, 0.3) is 11.4 Å². The monoisotopic (exact) mass is 185 g/mol. The molecule has 0 aliphatic heterocycles. The van der Waals surface area contributed by atoms with E-state index in [1.807, 2.05) is 12.1 Å². The Kier molecular flexibility index (Phi) is 2.19. The number of pyridine rings is 1. The number of aromatic nitrogens is 5. The molecule has 0 saturated heterocycles. The molecule has 2 heterocycles. The molecule has 2 aromatic rings. The average Bonchev–Trinajstić information content (AvgIpc) is 2.68. The first-order valence-electron chi connectivity index (χ1n) is 4.02. The highest BCUT2D eigenvalue weighted by atomic mass is 15.6. The highest BCUT2D eigenvalue weighted by Gasteiger charge is 2.03. The van der Waals surface area contributed by atoms with Crippen LogP contribution in [0.1, 0.15) is 0 Å². The minimum Gasteiger partial charge on any atom is -0.264 e. The van der Waals surface area contributed by atoms with Gasteiger partial charge in [0, 0.05) is 18.0 Å². The molecule has 0 aliphatic rings. The van der Waals surface area contributed by atoms with E-state index in [1.54, 1.807) is 12.4 Å². The van der Waals surface area contributed by atoms with Crippen molar-refractivity contribution in [1.29, 1.82) is 0 Å². The molecule has 0 fully saturated rings. The van der Waals surface area contributed by atoms with E-state index >= 15 is 0 Å². The summed E-state index contributed by atoms with van der Waals surface area (Å²) in [6, 6.07) is 3.68. The summed E-state index contributed by atoms with van der Waals surface area (Å²) in [7, 11) is 0. The van der Waals surface area contributed by atoms with Crippen molar-refractivity contribution in [2.45, 2.75) is 6.54 Å². The molecular formula is C9H7N5. The van der Waals surface area contributed by atoms with Gasteiger partial charge in [-0.2, -0.15) is 4.80 Å². The number of terminal acetylenes is 1. The zero-order chi connectivity index (χ0) is 9.80. The molecule has 2 aromatic heterocycles. The highest BCUT2D eigenvalue weighted by Crippen LogP contribution is 2.09. The second-order valence-corrected chi connectivity index (χ2v) is 2.59. The highest BCUT2D eigenvalue weighted by molar-refractivity contribution is 5.51. The Morgan fingerprint density at radius 3 is 3.14 bits per heavy atom. The molecule has 0 aliphatic carbocycles. The van der Waals surface area contributed by atoms with E-state index in [2.05, 4.69) is 26.3 Å². The number of tetrazole rings is 1. The molecule has 5 heteroatoms. The van der Waals surface area contributed by atoms with Crippen LogP contribution in [0, 0.1) is 12.3 Å². The smallest absolute Gasteiger partial charge is 0.206 e. The van der Waals surface area contributed by atoms with Gasteiger partial charge < -0.3 is 0 Å². The molecular weight excluding hydrogens is 178 g/mol. The second-order valence-electron chi connectivity index (χ2n) is 2.59. The molecule has 0 atom stereocenters. The van der Waals surface area contributed by atoms with Crippen LogP contribution in [0.3, 0.4) is 0 Å². The molecule has 0 unspecified atom stereocenters. The fourth-order valence-electron chi connectivity index (χ4n) is 1.00. The van der Waals surface area contributed by atoms with Crippen molar-refractivity contribution >= 4 is 0 Å². The van der Waals surface area contributed by atoms with Gasteiger partial charge in [0.05, 0.1) is 0 Å². The lowest BCUT2D eigenvalue weighted by Crippen LogP contribution is -1.99. The third-order valence-corrected chi connectivity index (χ3v) is 1.61. The van der Waals surface area contributed by atoms with Crippen LogP contribution in [0.5, 0.6) is 0 Å². The Morgan fingerprint density at radius 1 is 1.50 bits per heavy atom. The van der Waals surface area contributed by atoms with Gasteiger partial charge in [0.2, 0.25) is 5.82 Å². The Hall–Kier alpha value is -2.22. The Balaban J connectivity index is 2.31. The minimum atomic E-state index is 0.327. The number of hydrogen-bond acceptors (Lipinski definition) is 4. The van der Waals surface area contributed by atoms with Crippen molar-refractivity contribution in [2.75, 3.05) is 0 Å². The number of rotatable bonds is 2. The first-order chi connectivity index (χ1) is 6.90. The molecule has 2 rings (SSSR count). The van der Waals surface area contributed by atoms with E-state index < -0.39 is 0 Å². The lowest BCUT2D eigenvalue weighted by molar-refractivity contribution is 0.592. The van der Waals surface area contributed by atoms with E-state index in [-0.39, 0.29) is 0 Å². The van der Waals surface area contributed by atoms with Crippen LogP contribution in [0.15, 0.2) is 24.5 Å². The van der Waals surface area contributed by atoms with Gasteiger partial charge in [-0.25, -0.2) is 0 Å². The first-order valence-corrected chi connectivity index (χ1v) is 4.02. The number of hydrogen-bond donors (Lipinski definition) is 0. The standard InChI is InChI=1S/C9H7N5/c1-2-6-14-12-9(11-13-14)8-4-3-5-10-7-8/h1,3-5,7H,6H2. The van der Waals surface area contributed by atoms with Crippen molar-refractivity contribution in [3.05, 3.63) is 24.5 Å². The van der Waals surface area contributed by atoms with Crippen molar-refractivity contribution in [3.63, 3.8) is 0 Å². The van der Waals surface area contributed by atoms with Crippen LogP contribution in [0.4, 0.5) is 0 Å². The van der Waals surface area contributed by atoms with Crippen molar-refractivity contribution in [1.82, 2.24) is 25.2 Å². The van der Waals surface area contributed by atoms with Crippen LogP contribution < -0.4 is 0 Å². The molecule has 0 bridgehead atoms. The van der Waals surface area contributed by atoms with Crippen LogP contribution in [-0.2, 0) is 6.54 Å². The molecule has 0 saturated carbocycles. The summed E-state index contributed by atoms with van der Waals surface area (Å²) in [5.74, 6) is 2.97. The van der Waals surface area contributed by atoms with E-state index in [9.17, 15) is 0 Å².